The van der Waals surface area contributed by atoms with Crippen molar-refractivity contribution in [2.45, 2.75) is 38.6 Å². The van der Waals surface area contributed by atoms with Crippen LogP contribution in [0.2, 0.25) is 0 Å². The number of aromatic nitrogens is 1. The lowest BCUT2D eigenvalue weighted by Crippen LogP contribution is -2.42. The average molecular weight is 341 g/mol. The molecule has 3 rings (SSSR count). The maximum atomic E-state index is 13.1. The normalized spacial score (nSPS) is 15.2. The van der Waals surface area contributed by atoms with E-state index in [9.17, 15) is 9.18 Å². The molecule has 1 saturated heterocycles. The molecule has 4 nitrogen and oxygen atoms in total. The fraction of sp³-hybridized carbons (Fsp3) is 0.400. The molecule has 1 fully saturated rings. The monoisotopic (exact) mass is 341 g/mol. The number of nitrogens with one attached hydrogen (secondary N) is 1. The molecule has 1 aliphatic rings. The summed E-state index contributed by atoms with van der Waals surface area (Å²) in [6.45, 7) is 3.61. The van der Waals surface area contributed by atoms with Crippen LogP contribution in [0.3, 0.4) is 0 Å². The van der Waals surface area contributed by atoms with Crippen LogP contribution in [0.4, 0.5) is 10.1 Å². The SMILES string of the molecule is Cc1ccc(NC2CCN(C(=O)CCc3cncc(F)c3)CC2)cc1. The Morgan fingerprint density at radius 1 is 1.24 bits per heavy atom. The zero-order valence-corrected chi connectivity index (χ0v) is 14.5. The van der Waals surface area contributed by atoms with Crippen molar-refractivity contribution in [1.82, 2.24) is 9.88 Å². The van der Waals surface area contributed by atoms with Gasteiger partial charge in [0.1, 0.15) is 5.82 Å². The van der Waals surface area contributed by atoms with Gasteiger partial charge >= 0.3 is 0 Å². The number of piperidine rings is 1. The van der Waals surface area contributed by atoms with Crippen LogP contribution in [0.15, 0.2) is 42.7 Å². The van der Waals surface area contributed by atoms with Gasteiger partial charge in [-0.2, -0.15) is 0 Å². The molecule has 1 amide bonds. The highest BCUT2D eigenvalue weighted by molar-refractivity contribution is 5.76. The molecule has 1 aromatic heterocycles. The second-order valence-corrected chi connectivity index (χ2v) is 6.68. The summed E-state index contributed by atoms with van der Waals surface area (Å²) >= 11 is 0. The van der Waals surface area contributed by atoms with Crippen LogP contribution in [0, 0.1) is 12.7 Å². The maximum absolute atomic E-state index is 13.1. The van der Waals surface area contributed by atoms with E-state index in [0.717, 1.165) is 37.2 Å². The summed E-state index contributed by atoms with van der Waals surface area (Å²) in [6, 6.07) is 10.2. The summed E-state index contributed by atoms with van der Waals surface area (Å²) in [7, 11) is 0. The number of rotatable bonds is 5. The van der Waals surface area contributed by atoms with Gasteiger partial charge in [-0.3, -0.25) is 9.78 Å². The fourth-order valence-electron chi connectivity index (χ4n) is 3.16. The second kappa shape index (κ2) is 8.10. The minimum Gasteiger partial charge on any atom is -0.382 e. The van der Waals surface area contributed by atoms with Gasteiger partial charge in [-0.15, -0.1) is 0 Å². The van der Waals surface area contributed by atoms with Crippen LogP contribution in [0.1, 0.15) is 30.4 Å². The summed E-state index contributed by atoms with van der Waals surface area (Å²) in [4.78, 5) is 18.1. The topological polar surface area (TPSA) is 45.2 Å². The Morgan fingerprint density at radius 3 is 2.64 bits per heavy atom. The molecule has 0 unspecified atom stereocenters. The summed E-state index contributed by atoms with van der Waals surface area (Å²) in [5.41, 5.74) is 3.15. The first kappa shape index (κ1) is 17.4. The van der Waals surface area contributed by atoms with Crippen LogP contribution < -0.4 is 5.32 Å². The molecular formula is C20H24FN3O. The number of hydrogen-bond acceptors (Lipinski definition) is 3. The maximum Gasteiger partial charge on any atom is 0.222 e. The molecule has 0 radical (unpaired) electrons. The summed E-state index contributed by atoms with van der Waals surface area (Å²) < 4.78 is 13.1. The summed E-state index contributed by atoms with van der Waals surface area (Å²) in [5, 5.41) is 3.54. The highest BCUT2D eigenvalue weighted by Gasteiger charge is 2.22. The average Bonchev–Trinajstić information content (AvgIpc) is 2.62. The molecule has 132 valence electrons. The van der Waals surface area contributed by atoms with Gasteiger partial charge in [0.2, 0.25) is 5.91 Å². The zero-order chi connectivity index (χ0) is 17.6. The molecule has 25 heavy (non-hydrogen) atoms. The summed E-state index contributed by atoms with van der Waals surface area (Å²) in [6.07, 6.45) is 5.62. The first-order valence-corrected chi connectivity index (χ1v) is 8.80. The number of carbonyl (C=O) groups is 1. The van der Waals surface area contributed by atoms with E-state index in [1.807, 2.05) is 4.90 Å². The van der Waals surface area contributed by atoms with Gasteiger partial charge in [0.15, 0.2) is 0 Å². The van der Waals surface area contributed by atoms with Crippen molar-refractivity contribution in [3.8, 4) is 0 Å². The predicted molar refractivity (Wildman–Crippen MR) is 96.9 cm³/mol. The molecule has 1 N–H and O–H groups in total. The van der Waals surface area contributed by atoms with Gasteiger partial charge in [-0.1, -0.05) is 17.7 Å². The van der Waals surface area contributed by atoms with Gasteiger partial charge in [-0.05, 0) is 49.9 Å². The Bertz CT molecular complexity index is 709. The molecule has 1 aliphatic heterocycles. The number of aryl methyl sites for hydroxylation is 2. The van der Waals surface area contributed by atoms with Crippen molar-refractivity contribution in [3.05, 3.63) is 59.7 Å². The number of hydrogen-bond donors (Lipinski definition) is 1. The first-order valence-electron chi connectivity index (χ1n) is 8.80. The number of nitrogens with zero attached hydrogens (tertiary/aromatic N) is 2. The predicted octanol–water partition coefficient (Wildman–Crippen LogP) is 3.56. The van der Waals surface area contributed by atoms with E-state index in [1.165, 1.54) is 17.8 Å². The molecule has 5 heteroatoms. The van der Waals surface area contributed by atoms with E-state index in [2.05, 4.69) is 41.5 Å². The quantitative estimate of drug-likeness (QED) is 0.904. The van der Waals surface area contributed by atoms with E-state index in [0.29, 0.717) is 18.9 Å². The Kier molecular flexibility index (Phi) is 5.64. The molecule has 2 aromatic rings. The van der Waals surface area contributed by atoms with Crippen molar-refractivity contribution in [2.24, 2.45) is 0 Å². The van der Waals surface area contributed by atoms with Gasteiger partial charge in [0.25, 0.3) is 0 Å². The van der Waals surface area contributed by atoms with Gasteiger partial charge < -0.3 is 10.2 Å². The Hall–Kier alpha value is -2.43. The third kappa shape index (κ3) is 5.02. The smallest absolute Gasteiger partial charge is 0.222 e. The fourth-order valence-corrected chi connectivity index (χ4v) is 3.16. The van der Waals surface area contributed by atoms with E-state index in [-0.39, 0.29) is 11.7 Å². The van der Waals surface area contributed by atoms with Crippen LogP contribution in [0.25, 0.3) is 0 Å². The molecule has 0 saturated carbocycles. The standard InChI is InChI=1S/C20H24FN3O/c1-15-2-5-18(6-3-15)23-19-8-10-24(11-9-19)20(25)7-4-16-12-17(21)14-22-13-16/h2-3,5-6,12-14,19,23H,4,7-11H2,1H3. The van der Waals surface area contributed by atoms with Gasteiger partial charge in [0, 0.05) is 37.4 Å². The lowest BCUT2D eigenvalue weighted by molar-refractivity contribution is -0.132. The molecule has 1 aromatic carbocycles. The number of pyridine rings is 1. The number of amides is 1. The molecule has 0 atom stereocenters. The number of anilines is 1. The molecule has 0 bridgehead atoms. The van der Waals surface area contributed by atoms with Gasteiger partial charge in [0.05, 0.1) is 6.20 Å². The van der Waals surface area contributed by atoms with E-state index in [4.69, 9.17) is 0 Å². The Balaban J connectivity index is 1.43. The Labute approximate surface area is 148 Å². The number of likely N-dealkylation sites (tertiary alicyclic amines) is 1. The number of carbonyl (C=O) groups excluding carboxylic acids is 1. The summed E-state index contributed by atoms with van der Waals surface area (Å²) in [5.74, 6) is -0.217. The largest absolute Gasteiger partial charge is 0.382 e. The minimum atomic E-state index is -0.354. The third-order valence-electron chi connectivity index (χ3n) is 4.66. The molecule has 0 aliphatic carbocycles. The molecule has 2 heterocycles. The van der Waals surface area contributed by atoms with Crippen LogP contribution in [-0.4, -0.2) is 34.9 Å². The first-order chi connectivity index (χ1) is 12.1. The van der Waals surface area contributed by atoms with Crippen molar-refractivity contribution < 1.29 is 9.18 Å². The zero-order valence-electron chi connectivity index (χ0n) is 14.5. The second-order valence-electron chi connectivity index (χ2n) is 6.68. The van der Waals surface area contributed by atoms with Crippen LogP contribution in [-0.2, 0) is 11.2 Å². The van der Waals surface area contributed by atoms with Crippen molar-refractivity contribution in [1.29, 1.82) is 0 Å². The lowest BCUT2D eigenvalue weighted by Gasteiger charge is -2.33. The number of benzene rings is 1. The Morgan fingerprint density at radius 2 is 1.96 bits per heavy atom. The van der Waals surface area contributed by atoms with Gasteiger partial charge in [-0.25, -0.2) is 4.39 Å². The number of halogens is 1. The van der Waals surface area contributed by atoms with E-state index < -0.39 is 0 Å². The van der Waals surface area contributed by atoms with E-state index in [1.54, 1.807) is 6.20 Å². The van der Waals surface area contributed by atoms with Crippen molar-refractivity contribution in [2.75, 3.05) is 18.4 Å². The van der Waals surface area contributed by atoms with Crippen molar-refractivity contribution >= 4 is 11.6 Å². The highest BCUT2D eigenvalue weighted by atomic mass is 19.1. The lowest BCUT2D eigenvalue weighted by atomic mass is 10.0. The van der Waals surface area contributed by atoms with Crippen LogP contribution >= 0.6 is 0 Å². The van der Waals surface area contributed by atoms with E-state index >= 15 is 0 Å². The van der Waals surface area contributed by atoms with Crippen LogP contribution in [0.5, 0.6) is 0 Å². The molecule has 0 spiro atoms. The highest BCUT2D eigenvalue weighted by Crippen LogP contribution is 2.18. The molecular weight excluding hydrogens is 317 g/mol. The third-order valence-corrected chi connectivity index (χ3v) is 4.66. The van der Waals surface area contributed by atoms with Crippen molar-refractivity contribution in [3.63, 3.8) is 0 Å². The minimum absolute atomic E-state index is 0.137.